The Hall–Kier alpha value is 0. The SMILES string of the molecule is CC.CC.CC.CCCC1CCCC(CC)C1. The molecule has 0 aromatic carbocycles. The first-order valence-corrected chi connectivity index (χ1v) is 8.36. The summed E-state index contributed by atoms with van der Waals surface area (Å²) in [6, 6.07) is 0. The van der Waals surface area contributed by atoms with E-state index in [2.05, 4.69) is 13.8 Å². The fourth-order valence-corrected chi connectivity index (χ4v) is 2.44. The summed E-state index contributed by atoms with van der Waals surface area (Å²) in [5.41, 5.74) is 0. The zero-order valence-corrected chi connectivity index (χ0v) is 14.1. The van der Waals surface area contributed by atoms with E-state index >= 15 is 0 Å². The van der Waals surface area contributed by atoms with E-state index in [0.717, 1.165) is 11.8 Å². The first kappa shape index (κ1) is 22.2. The summed E-state index contributed by atoms with van der Waals surface area (Å²) in [4.78, 5) is 0. The van der Waals surface area contributed by atoms with Crippen molar-refractivity contribution in [2.24, 2.45) is 11.8 Å². The molecule has 0 heteroatoms. The lowest BCUT2D eigenvalue weighted by molar-refractivity contribution is 0.248. The van der Waals surface area contributed by atoms with Crippen molar-refractivity contribution >= 4 is 0 Å². The average Bonchev–Trinajstić information content (AvgIpc) is 2.46. The van der Waals surface area contributed by atoms with Crippen LogP contribution < -0.4 is 0 Å². The number of hydrogen-bond donors (Lipinski definition) is 0. The first-order valence-electron chi connectivity index (χ1n) is 8.36. The largest absolute Gasteiger partial charge is 0.0683 e. The summed E-state index contributed by atoms with van der Waals surface area (Å²) in [5.74, 6) is 2.15. The molecular weight excluding hydrogens is 204 g/mol. The highest BCUT2D eigenvalue weighted by molar-refractivity contribution is 4.71. The molecule has 0 aromatic heterocycles. The lowest BCUT2D eigenvalue weighted by Gasteiger charge is -2.28. The molecule has 1 aliphatic rings. The molecule has 2 atom stereocenters. The molecule has 2 unspecified atom stereocenters. The van der Waals surface area contributed by atoms with E-state index in [9.17, 15) is 0 Å². The van der Waals surface area contributed by atoms with E-state index in [1.807, 2.05) is 41.5 Å². The van der Waals surface area contributed by atoms with Gasteiger partial charge in [-0.15, -0.1) is 0 Å². The van der Waals surface area contributed by atoms with Crippen LogP contribution in [0.1, 0.15) is 100 Å². The highest BCUT2D eigenvalue weighted by atomic mass is 14.2. The molecule has 0 amide bonds. The molecule has 0 nitrogen and oxygen atoms in total. The van der Waals surface area contributed by atoms with Crippen LogP contribution in [0.3, 0.4) is 0 Å². The number of hydrogen-bond acceptors (Lipinski definition) is 0. The minimum absolute atomic E-state index is 1.07. The lowest BCUT2D eigenvalue weighted by Crippen LogP contribution is -2.14. The molecule has 1 saturated carbocycles. The molecule has 0 bridgehead atoms. The predicted molar refractivity (Wildman–Crippen MR) is 84.7 cm³/mol. The highest BCUT2D eigenvalue weighted by Crippen LogP contribution is 2.33. The third-order valence-electron chi connectivity index (χ3n) is 3.17. The lowest BCUT2D eigenvalue weighted by atomic mass is 9.78. The van der Waals surface area contributed by atoms with Crippen LogP contribution in [-0.2, 0) is 0 Å². The van der Waals surface area contributed by atoms with Crippen LogP contribution in [0.25, 0.3) is 0 Å². The molecule has 1 rings (SSSR count). The van der Waals surface area contributed by atoms with E-state index < -0.39 is 0 Å². The van der Waals surface area contributed by atoms with Gasteiger partial charge in [0, 0.05) is 0 Å². The topological polar surface area (TPSA) is 0 Å². The zero-order chi connectivity index (χ0) is 14.1. The Kier molecular flexibility index (Phi) is 27.8. The van der Waals surface area contributed by atoms with Gasteiger partial charge in [0.15, 0.2) is 0 Å². The normalized spacial score (nSPS) is 21.9. The smallest absolute Gasteiger partial charge is 0.0412 e. The van der Waals surface area contributed by atoms with Gasteiger partial charge >= 0.3 is 0 Å². The second-order valence-electron chi connectivity index (χ2n) is 4.10. The molecule has 0 aromatic rings. The Bertz CT molecular complexity index is 94.2. The van der Waals surface area contributed by atoms with Crippen molar-refractivity contribution in [2.75, 3.05) is 0 Å². The molecule has 0 heterocycles. The second kappa shape index (κ2) is 21.3. The second-order valence-corrected chi connectivity index (χ2v) is 4.10. The Morgan fingerprint density at radius 3 is 1.65 bits per heavy atom. The van der Waals surface area contributed by atoms with Crippen LogP contribution >= 0.6 is 0 Å². The molecule has 108 valence electrons. The summed E-state index contributed by atoms with van der Waals surface area (Å²) in [6.07, 6.45) is 10.4. The van der Waals surface area contributed by atoms with Crippen LogP contribution in [-0.4, -0.2) is 0 Å². The van der Waals surface area contributed by atoms with E-state index in [-0.39, 0.29) is 0 Å². The van der Waals surface area contributed by atoms with Crippen molar-refractivity contribution in [2.45, 2.75) is 100 Å². The minimum Gasteiger partial charge on any atom is -0.0683 e. The third-order valence-corrected chi connectivity index (χ3v) is 3.17. The maximum Gasteiger partial charge on any atom is -0.0412 e. The van der Waals surface area contributed by atoms with E-state index in [1.165, 1.54) is 44.9 Å². The van der Waals surface area contributed by atoms with Gasteiger partial charge in [0.2, 0.25) is 0 Å². The monoisotopic (exact) mass is 244 g/mol. The van der Waals surface area contributed by atoms with Gasteiger partial charge in [0.1, 0.15) is 0 Å². The van der Waals surface area contributed by atoms with Crippen LogP contribution in [0.4, 0.5) is 0 Å². The predicted octanol–water partition coefficient (Wildman–Crippen LogP) is 7.08. The molecule has 0 saturated heterocycles. The summed E-state index contributed by atoms with van der Waals surface area (Å²) in [5, 5.41) is 0. The summed E-state index contributed by atoms with van der Waals surface area (Å²) in [6.45, 7) is 16.7. The van der Waals surface area contributed by atoms with Crippen LogP contribution in [0.5, 0.6) is 0 Å². The molecule has 1 fully saturated rings. The van der Waals surface area contributed by atoms with Crippen LogP contribution in [0, 0.1) is 11.8 Å². The quantitative estimate of drug-likeness (QED) is 0.497. The standard InChI is InChI=1S/C11H22.3C2H6/c1-3-6-11-8-5-7-10(4-2)9-11;3*1-2/h10-11H,3-9H2,1-2H3;3*1-2H3. The summed E-state index contributed by atoms with van der Waals surface area (Å²) >= 11 is 0. The maximum absolute atomic E-state index is 2.35. The van der Waals surface area contributed by atoms with E-state index in [0.29, 0.717) is 0 Å². The van der Waals surface area contributed by atoms with Gasteiger partial charge in [-0.05, 0) is 18.3 Å². The van der Waals surface area contributed by atoms with Gasteiger partial charge in [-0.25, -0.2) is 0 Å². The maximum atomic E-state index is 2.35. The van der Waals surface area contributed by atoms with Crippen molar-refractivity contribution in [3.63, 3.8) is 0 Å². The zero-order valence-electron chi connectivity index (χ0n) is 14.1. The van der Waals surface area contributed by atoms with Crippen molar-refractivity contribution < 1.29 is 0 Å². The van der Waals surface area contributed by atoms with Crippen molar-refractivity contribution in [1.29, 1.82) is 0 Å². The van der Waals surface area contributed by atoms with Gasteiger partial charge < -0.3 is 0 Å². The van der Waals surface area contributed by atoms with Crippen LogP contribution in [0.2, 0.25) is 0 Å². The van der Waals surface area contributed by atoms with Gasteiger partial charge in [-0.1, -0.05) is 93.9 Å². The van der Waals surface area contributed by atoms with Gasteiger partial charge in [-0.2, -0.15) is 0 Å². The number of rotatable bonds is 3. The molecule has 0 spiro atoms. The first-order chi connectivity index (χ1) is 8.36. The summed E-state index contributed by atoms with van der Waals surface area (Å²) in [7, 11) is 0. The Balaban J connectivity index is -0.000000285. The molecule has 1 aliphatic carbocycles. The van der Waals surface area contributed by atoms with Crippen molar-refractivity contribution in [3.05, 3.63) is 0 Å². The fourth-order valence-electron chi connectivity index (χ4n) is 2.44. The molecule has 0 aliphatic heterocycles. The average molecular weight is 245 g/mol. The van der Waals surface area contributed by atoms with Crippen molar-refractivity contribution in [3.8, 4) is 0 Å². The van der Waals surface area contributed by atoms with E-state index in [4.69, 9.17) is 0 Å². The van der Waals surface area contributed by atoms with Gasteiger partial charge in [0.05, 0.1) is 0 Å². The Morgan fingerprint density at radius 1 is 0.765 bits per heavy atom. The Morgan fingerprint density at radius 2 is 1.24 bits per heavy atom. The Labute approximate surface area is 113 Å². The highest BCUT2D eigenvalue weighted by Gasteiger charge is 2.19. The van der Waals surface area contributed by atoms with Crippen LogP contribution in [0.15, 0.2) is 0 Å². The fraction of sp³-hybridized carbons (Fsp3) is 1.00. The molecule has 17 heavy (non-hydrogen) atoms. The van der Waals surface area contributed by atoms with Gasteiger partial charge in [-0.3, -0.25) is 0 Å². The van der Waals surface area contributed by atoms with Gasteiger partial charge in [0.25, 0.3) is 0 Å². The molecule has 0 N–H and O–H groups in total. The van der Waals surface area contributed by atoms with E-state index in [1.54, 1.807) is 0 Å². The third kappa shape index (κ3) is 13.9. The van der Waals surface area contributed by atoms with Crippen molar-refractivity contribution in [1.82, 2.24) is 0 Å². The minimum atomic E-state index is 1.07. The molecule has 0 radical (unpaired) electrons. The molecular formula is C17H40. The summed E-state index contributed by atoms with van der Waals surface area (Å²) < 4.78 is 0.